The van der Waals surface area contributed by atoms with Gasteiger partial charge in [0.05, 0.1) is 0 Å². The van der Waals surface area contributed by atoms with E-state index >= 15 is 0 Å². The normalized spacial score (nSPS) is 15.0. The van der Waals surface area contributed by atoms with Gasteiger partial charge in [-0.2, -0.15) is 0 Å². The van der Waals surface area contributed by atoms with Crippen molar-refractivity contribution in [1.29, 1.82) is 0 Å². The third-order valence-corrected chi connectivity index (χ3v) is 5.83. The Morgan fingerprint density at radius 2 is 1.40 bits per heavy atom. The summed E-state index contributed by atoms with van der Waals surface area (Å²) in [5.74, 6) is -1.38. The summed E-state index contributed by atoms with van der Waals surface area (Å²) in [5.41, 5.74) is 0. The molecular formula is C14H29O5P. The Hall–Kier alpha value is -0.380. The van der Waals surface area contributed by atoms with Gasteiger partial charge in [0.15, 0.2) is 5.16 Å². The molecule has 0 aromatic rings. The largest absolute Gasteiger partial charge is 0.480 e. The van der Waals surface area contributed by atoms with E-state index in [-0.39, 0.29) is 12.8 Å². The van der Waals surface area contributed by atoms with Gasteiger partial charge < -0.3 is 14.9 Å². The van der Waals surface area contributed by atoms with Gasteiger partial charge >= 0.3 is 13.6 Å². The van der Waals surface area contributed by atoms with Crippen LogP contribution in [0.1, 0.15) is 78.1 Å². The van der Waals surface area contributed by atoms with Gasteiger partial charge in [0.1, 0.15) is 0 Å². The Bertz CT molecular complexity index is 326. The van der Waals surface area contributed by atoms with Gasteiger partial charge in [-0.15, -0.1) is 0 Å². The molecule has 0 rings (SSSR count). The molecule has 0 aromatic carbocycles. The second-order valence-electron chi connectivity index (χ2n) is 5.46. The molecule has 0 amide bonds. The van der Waals surface area contributed by atoms with Crippen LogP contribution >= 0.6 is 7.60 Å². The van der Waals surface area contributed by atoms with Crippen molar-refractivity contribution >= 4 is 13.6 Å². The van der Waals surface area contributed by atoms with Crippen molar-refractivity contribution in [2.75, 3.05) is 0 Å². The predicted molar refractivity (Wildman–Crippen MR) is 79.9 cm³/mol. The summed E-state index contributed by atoms with van der Waals surface area (Å²) in [7, 11) is -4.63. The van der Waals surface area contributed by atoms with Crippen LogP contribution < -0.4 is 0 Å². The fourth-order valence-corrected chi connectivity index (χ4v) is 3.57. The Morgan fingerprint density at radius 1 is 0.950 bits per heavy atom. The van der Waals surface area contributed by atoms with E-state index in [0.29, 0.717) is 6.42 Å². The van der Waals surface area contributed by atoms with Crippen molar-refractivity contribution in [3.05, 3.63) is 0 Å². The monoisotopic (exact) mass is 308 g/mol. The van der Waals surface area contributed by atoms with Crippen LogP contribution in [-0.4, -0.2) is 26.0 Å². The van der Waals surface area contributed by atoms with Gasteiger partial charge in [0, 0.05) is 0 Å². The molecule has 0 heterocycles. The second-order valence-corrected chi connectivity index (χ2v) is 7.40. The zero-order valence-corrected chi connectivity index (χ0v) is 13.6. The van der Waals surface area contributed by atoms with E-state index in [2.05, 4.69) is 6.92 Å². The summed E-state index contributed by atoms with van der Waals surface area (Å²) in [6.07, 6.45) is 8.39. The topological polar surface area (TPSA) is 94.8 Å². The molecule has 0 radical (unpaired) electrons. The van der Waals surface area contributed by atoms with Crippen molar-refractivity contribution < 1.29 is 24.3 Å². The first-order valence-corrected chi connectivity index (χ1v) is 9.22. The highest BCUT2D eigenvalue weighted by molar-refractivity contribution is 7.54. The van der Waals surface area contributed by atoms with E-state index in [9.17, 15) is 19.1 Å². The standard InChI is InChI=1S/C14H29O5P/c1-3-5-6-7-8-9-10-11-12-14(4-2,13(15)16)20(17,18)19/h3-12H2,1-2H3,(H,15,16)(H2,17,18,19). The van der Waals surface area contributed by atoms with Crippen LogP contribution in [0.4, 0.5) is 0 Å². The molecule has 1 atom stereocenters. The summed E-state index contributed by atoms with van der Waals surface area (Å²) in [6.45, 7) is 3.69. The number of unbranched alkanes of at least 4 members (excludes halogenated alkanes) is 7. The van der Waals surface area contributed by atoms with Crippen LogP contribution in [0.3, 0.4) is 0 Å². The fraction of sp³-hybridized carbons (Fsp3) is 0.929. The van der Waals surface area contributed by atoms with Gasteiger partial charge in [-0.05, 0) is 12.8 Å². The molecule has 0 aliphatic carbocycles. The molecular weight excluding hydrogens is 279 g/mol. The zero-order chi connectivity index (χ0) is 15.6. The summed E-state index contributed by atoms with van der Waals surface area (Å²) in [6, 6.07) is 0. The highest BCUT2D eigenvalue weighted by atomic mass is 31.2. The highest BCUT2D eigenvalue weighted by Gasteiger charge is 2.51. The van der Waals surface area contributed by atoms with Crippen LogP contribution in [0.2, 0.25) is 0 Å². The van der Waals surface area contributed by atoms with Gasteiger partial charge in [-0.1, -0.05) is 65.2 Å². The summed E-state index contributed by atoms with van der Waals surface area (Å²) < 4.78 is 11.5. The van der Waals surface area contributed by atoms with Crippen LogP contribution in [0.25, 0.3) is 0 Å². The molecule has 0 bridgehead atoms. The number of carboxylic acids is 1. The molecule has 0 aromatic heterocycles. The van der Waals surface area contributed by atoms with Crippen LogP contribution in [0.5, 0.6) is 0 Å². The average Bonchev–Trinajstić information content (AvgIpc) is 2.35. The zero-order valence-electron chi connectivity index (χ0n) is 12.7. The summed E-state index contributed by atoms with van der Waals surface area (Å²) in [5, 5.41) is 7.27. The lowest BCUT2D eigenvalue weighted by molar-refractivity contribution is -0.141. The minimum absolute atomic E-state index is 0.0386. The first-order chi connectivity index (χ1) is 9.31. The number of hydrogen-bond acceptors (Lipinski definition) is 2. The number of carbonyl (C=O) groups is 1. The molecule has 6 heteroatoms. The fourth-order valence-electron chi connectivity index (χ4n) is 2.46. The smallest absolute Gasteiger partial charge is 0.342 e. The molecule has 20 heavy (non-hydrogen) atoms. The van der Waals surface area contributed by atoms with Crippen LogP contribution in [-0.2, 0) is 9.36 Å². The van der Waals surface area contributed by atoms with Gasteiger partial charge in [0.2, 0.25) is 0 Å². The van der Waals surface area contributed by atoms with E-state index < -0.39 is 18.7 Å². The van der Waals surface area contributed by atoms with Crippen molar-refractivity contribution in [3.8, 4) is 0 Å². The van der Waals surface area contributed by atoms with E-state index in [1.165, 1.54) is 32.6 Å². The molecule has 0 aliphatic heterocycles. The van der Waals surface area contributed by atoms with E-state index in [1.807, 2.05) is 0 Å². The first-order valence-electron chi connectivity index (χ1n) is 7.61. The molecule has 1 unspecified atom stereocenters. The Labute approximate surface area is 121 Å². The molecule has 0 saturated heterocycles. The SMILES string of the molecule is CCCCCCCCCCC(CC)(C(=O)O)P(=O)(O)O. The quantitative estimate of drug-likeness (QED) is 0.375. The minimum Gasteiger partial charge on any atom is -0.480 e. The van der Waals surface area contributed by atoms with Crippen molar-refractivity contribution in [2.24, 2.45) is 0 Å². The van der Waals surface area contributed by atoms with Crippen molar-refractivity contribution in [1.82, 2.24) is 0 Å². The van der Waals surface area contributed by atoms with E-state index in [4.69, 9.17) is 5.11 Å². The molecule has 0 saturated carbocycles. The maximum absolute atomic E-state index is 11.5. The number of aliphatic carboxylic acids is 1. The van der Waals surface area contributed by atoms with Gasteiger partial charge in [-0.3, -0.25) is 9.36 Å². The third-order valence-electron chi connectivity index (χ3n) is 3.98. The predicted octanol–water partition coefficient (Wildman–Crippen LogP) is 3.93. The Kier molecular flexibility index (Phi) is 9.36. The lowest BCUT2D eigenvalue weighted by Gasteiger charge is -2.28. The molecule has 0 spiro atoms. The number of hydrogen-bond donors (Lipinski definition) is 3. The number of carboxylic acid groups (broad SMARTS) is 1. The maximum Gasteiger partial charge on any atom is 0.342 e. The Morgan fingerprint density at radius 3 is 1.75 bits per heavy atom. The van der Waals surface area contributed by atoms with Crippen molar-refractivity contribution in [3.63, 3.8) is 0 Å². The lowest BCUT2D eigenvalue weighted by Crippen LogP contribution is -2.37. The first kappa shape index (κ1) is 19.6. The molecule has 0 aliphatic rings. The van der Waals surface area contributed by atoms with Crippen LogP contribution in [0, 0.1) is 0 Å². The minimum atomic E-state index is -4.63. The molecule has 0 fully saturated rings. The maximum atomic E-state index is 11.5. The second kappa shape index (κ2) is 9.54. The van der Waals surface area contributed by atoms with E-state index in [0.717, 1.165) is 19.3 Å². The van der Waals surface area contributed by atoms with Gasteiger partial charge in [0.25, 0.3) is 0 Å². The van der Waals surface area contributed by atoms with Gasteiger partial charge in [-0.25, -0.2) is 0 Å². The highest BCUT2D eigenvalue weighted by Crippen LogP contribution is 2.55. The molecule has 3 N–H and O–H groups in total. The van der Waals surface area contributed by atoms with Crippen LogP contribution in [0.15, 0.2) is 0 Å². The summed E-state index contributed by atoms with van der Waals surface area (Å²) in [4.78, 5) is 29.9. The average molecular weight is 308 g/mol. The number of rotatable bonds is 12. The lowest BCUT2D eigenvalue weighted by atomic mass is 9.96. The van der Waals surface area contributed by atoms with Crippen molar-refractivity contribution in [2.45, 2.75) is 83.2 Å². The third kappa shape index (κ3) is 5.94. The summed E-state index contributed by atoms with van der Waals surface area (Å²) >= 11 is 0. The Balaban J connectivity index is 4.12. The van der Waals surface area contributed by atoms with E-state index in [1.54, 1.807) is 0 Å². The molecule has 120 valence electrons. The molecule has 5 nitrogen and oxygen atoms in total.